The fourth-order valence-electron chi connectivity index (χ4n) is 4.18. The van der Waals surface area contributed by atoms with Gasteiger partial charge < -0.3 is 31.7 Å². The Labute approximate surface area is 268 Å². The van der Waals surface area contributed by atoms with E-state index in [0.717, 1.165) is 34.5 Å². The number of nitrogens with one attached hydrogen (secondary N) is 2. The van der Waals surface area contributed by atoms with Crippen LogP contribution in [0.15, 0.2) is 78.3 Å². The molecular weight excluding hydrogens is 590 g/mol. The van der Waals surface area contributed by atoms with E-state index in [2.05, 4.69) is 20.8 Å². The maximum Gasteiger partial charge on any atom is 0.410 e. The highest BCUT2D eigenvalue weighted by molar-refractivity contribution is 7.15. The van der Waals surface area contributed by atoms with Gasteiger partial charge in [-0.25, -0.2) is 4.79 Å². The van der Waals surface area contributed by atoms with E-state index in [9.17, 15) is 14.4 Å². The van der Waals surface area contributed by atoms with Crippen molar-refractivity contribution in [3.8, 4) is 0 Å². The molecule has 3 rings (SSSR count). The summed E-state index contributed by atoms with van der Waals surface area (Å²) >= 11 is 1.35. The Morgan fingerprint density at radius 1 is 0.911 bits per heavy atom. The Morgan fingerprint density at radius 3 is 2.33 bits per heavy atom. The average molecular weight is 634 g/mol. The van der Waals surface area contributed by atoms with Crippen molar-refractivity contribution in [3.05, 3.63) is 100.0 Å². The molecule has 0 aliphatic carbocycles. The number of benzene rings is 2. The van der Waals surface area contributed by atoms with Gasteiger partial charge in [0, 0.05) is 25.7 Å². The normalized spacial score (nSPS) is 12.0. The number of anilines is 1. The molecule has 12 heteroatoms. The number of amides is 3. The summed E-state index contributed by atoms with van der Waals surface area (Å²) in [5.41, 5.74) is 14.7. The first-order valence-corrected chi connectivity index (χ1v) is 15.6. The van der Waals surface area contributed by atoms with E-state index >= 15 is 0 Å². The van der Waals surface area contributed by atoms with Crippen LogP contribution in [0.3, 0.4) is 0 Å². The summed E-state index contributed by atoms with van der Waals surface area (Å²) in [5, 5.41) is 15.0. The Balaban J connectivity index is 1.37. The van der Waals surface area contributed by atoms with Gasteiger partial charge in [-0.2, -0.15) is 0 Å². The summed E-state index contributed by atoms with van der Waals surface area (Å²) in [6, 6.07) is 17.0. The molecule has 0 unspecified atom stereocenters. The lowest BCUT2D eigenvalue weighted by Gasteiger charge is -2.24. The number of rotatable bonds is 14. The molecule has 1 heterocycles. The van der Waals surface area contributed by atoms with Gasteiger partial charge in [0.2, 0.25) is 16.9 Å². The van der Waals surface area contributed by atoms with Crippen LogP contribution in [0.1, 0.15) is 61.7 Å². The van der Waals surface area contributed by atoms with Gasteiger partial charge in [0.1, 0.15) is 16.4 Å². The van der Waals surface area contributed by atoms with Crippen LogP contribution in [0.2, 0.25) is 0 Å². The number of unbranched alkanes of at least 4 members (excludes halogenated alkanes) is 1. The summed E-state index contributed by atoms with van der Waals surface area (Å²) in [4.78, 5) is 38.6. The Morgan fingerprint density at radius 2 is 1.60 bits per heavy atom. The van der Waals surface area contributed by atoms with Crippen LogP contribution in [0, 0.1) is 0 Å². The molecule has 0 radical (unpaired) electrons. The van der Waals surface area contributed by atoms with E-state index in [1.165, 1.54) is 16.2 Å². The molecule has 1 aromatic heterocycles. The standard InChI is InChI=1S/C33H43N7O4S/c1-33(2,3)44-32(43)40(4)22-25-14-10-13-24(19-25)21-29(42)37-31-39-38-30(45-31)16-9-8-15-26(34)17-18-27(35)36-28(41)20-23-11-6-5-7-12-23/h5-7,10-14,17-19H,8-9,15-16,20-22,34-35H2,1-4H3,(H,36,41)(H,37,39,42)/b26-17-,27-18+. The van der Waals surface area contributed by atoms with Crippen LogP contribution in [-0.2, 0) is 40.1 Å². The number of carbonyl (C=O) groups is 3. The van der Waals surface area contributed by atoms with Gasteiger partial charge >= 0.3 is 6.09 Å². The number of hydrogen-bond acceptors (Lipinski definition) is 9. The average Bonchev–Trinajstić information content (AvgIpc) is 3.40. The molecule has 0 aliphatic heterocycles. The van der Waals surface area contributed by atoms with Crippen LogP contribution in [0.25, 0.3) is 0 Å². The second-order valence-corrected chi connectivity index (χ2v) is 12.7. The summed E-state index contributed by atoms with van der Waals surface area (Å²) in [7, 11) is 1.68. The molecule has 2 aromatic carbocycles. The molecule has 0 fully saturated rings. The number of aryl methyl sites for hydroxylation is 1. The van der Waals surface area contributed by atoms with Crippen LogP contribution in [-0.4, -0.2) is 45.7 Å². The Bertz CT molecular complexity index is 1500. The molecule has 11 nitrogen and oxygen atoms in total. The van der Waals surface area contributed by atoms with Gasteiger partial charge in [-0.3, -0.25) is 9.59 Å². The Hall–Kier alpha value is -4.71. The van der Waals surface area contributed by atoms with Crippen LogP contribution in [0.5, 0.6) is 0 Å². The minimum Gasteiger partial charge on any atom is -0.444 e. The number of hydrogen-bond donors (Lipinski definition) is 4. The molecule has 0 saturated carbocycles. The number of carbonyl (C=O) groups excluding carboxylic acids is 3. The highest BCUT2D eigenvalue weighted by Crippen LogP contribution is 2.19. The molecule has 3 aromatic rings. The smallest absolute Gasteiger partial charge is 0.410 e. The van der Waals surface area contributed by atoms with Crippen molar-refractivity contribution in [2.45, 2.75) is 71.4 Å². The fourth-order valence-corrected chi connectivity index (χ4v) is 4.98. The molecule has 0 bridgehead atoms. The van der Waals surface area contributed by atoms with E-state index in [1.54, 1.807) is 19.2 Å². The van der Waals surface area contributed by atoms with Gasteiger partial charge in [-0.1, -0.05) is 65.9 Å². The Kier molecular flexibility index (Phi) is 13.1. The lowest BCUT2D eigenvalue weighted by molar-refractivity contribution is -0.119. The van der Waals surface area contributed by atoms with Crippen molar-refractivity contribution in [2.75, 3.05) is 12.4 Å². The summed E-state index contributed by atoms with van der Waals surface area (Å²) in [5.74, 6) is -0.151. The van der Waals surface area contributed by atoms with Crippen molar-refractivity contribution < 1.29 is 19.1 Å². The third-order valence-corrected chi connectivity index (χ3v) is 7.17. The predicted octanol–water partition coefficient (Wildman–Crippen LogP) is 4.80. The molecule has 0 saturated heterocycles. The minimum atomic E-state index is -0.570. The molecule has 0 atom stereocenters. The van der Waals surface area contributed by atoms with Gasteiger partial charge in [0.05, 0.1) is 12.8 Å². The minimum absolute atomic E-state index is 0.167. The number of nitrogens with zero attached hydrogens (tertiary/aromatic N) is 3. The predicted molar refractivity (Wildman–Crippen MR) is 177 cm³/mol. The lowest BCUT2D eigenvalue weighted by Crippen LogP contribution is -2.33. The SMILES string of the molecule is CN(Cc1cccc(CC(=O)Nc2nnc(CCCC/C(N)=C/C=C(\N)NC(=O)Cc3ccccc3)s2)c1)C(=O)OC(C)(C)C. The summed E-state index contributed by atoms with van der Waals surface area (Å²) < 4.78 is 5.40. The molecular formula is C33H43N7O4S. The van der Waals surface area contributed by atoms with E-state index in [4.69, 9.17) is 16.2 Å². The largest absolute Gasteiger partial charge is 0.444 e. The van der Waals surface area contributed by atoms with Gasteiger partial charge in [-0.15, -0.1) is 10.2 Å². The monoisotopic (exact) mass is 633 g/mol. The van der Waals surface area contributed by atoms with Crippen LogP contribution < -0.4 is 22.1 Å². The van der Waals surface area contributed by atoms with Crippen molar-refractivity contribution in [2.24, 2.45) is 11.5 Å². The van der Waals surface area contributed by atoms with E-state index in [-0.39, 0.29) is 30.5 Å². The fraction of sp³-hybridized carbons (Fsp3) is 0.364. The number of nitrogens with two attached hydrogens (primary N) is 2. The molecule has 45 heavy (non-hydrogen) atoms. The zero-order valence-electron chi connectivity index (χ0n) is 26.3. The first kappa shape index (κ1) is 34.8. The number of ether oxygens (including phenoxy) is 1. The van der Waals surface area contributed by atoms with Gasteiger partial charge in [-0.05, 0) is 68.9 Å². The molecule has 0 spiro atoms. The molecule has 3 amide bonds. The van der Waals surface area contributed by atoms with Crippen molar-refractivity contribution in [3.63, 3.8) is 0 Å². The maximum atomic E-state index is 12.7. The van der Waals surface area contributed by atoms with Gasteiger partial charge in [0.15, 0.2) is 0 Å². The second-order valence-electron chi connectivity index (χ2n) is 11.7. The third kappa shape index (κ3) is 13.6. The first-order chi connectivity index (χ1) is 21.4. The quantitative estimate of drug-likeness (QED) is 0.145. The van der Waals surface area contributed by atoms with E-state index in [0.29, 0.717) is 30.2 Å². The molecule has 0 aliphatic rings. The topological polar surface area (TPSA) is 166 Å². The van der Waals surface area contributed by atoms with Crippen LogP contribution in [0.4, 0.5) is 9.93 Å². The lowest BCUT2D eigenvalue weighted by atomic mass is 10.1. The number of allylic oxidation sites excluding steroid dienone is 3. The van der Waals surface area contributed by atoms with Gasteiger partial charge in [0.25, 0.3) is 0 Å². The van der Waals surface area contributed by atoms with Crippen molar-refractivity contribution in [1.29, 1.82) is 0 Å². The van der Waals surface area contributed by atoms with Crippen LogP contribution >= 0.6 is 11.3 Å². The van der Waals surface area contributed by atoms with E-state index in [1.807, 2.05) is 75.4 Å². The zero-order valence-corrected chi connectivity index (χ0v) is 27.2. The van der Waals surface area contributed by atoms with E-state index < -0.39 is 11.7 Å². The summed E-state index contributed by atoms with van der Waals surface area (Å²) in [6.45, 7) is 5.84. The third-order valence-electron chi connectivity index (χ3n) is 6.27. The van der Waals surface area contributed by atoms with Crippen molar-refractivity contribution >= 4 is 34.4 Å². The first-order valence-electron chi connectivity index (χ1n) is 14.8. The molecule has 240 valence electrons. The second kappa shape index (κ2) is 17.0. The summed E-state index contributed by atoms with van der Waals surface area (Å²) in [6.07, 6.45) is 6.35. The number of aromatic nitrogens is 2. The molecule has 6 N–H and O–H groups in total. The maximum absolute atomic E-state index is 12.7. The zero-order chi connectivity index (χ0) is 32.8. The highest BCUT2D eigenvalue weighted by Gasteiger charge is 2.20. The van der Waals surface area contributed by atoms with Crippen molar-refractivity contribution in [1.82, 2.24) is 20.4 Å². The highest BCUT2D eigenvalue weighted by atomic mass is 32.1.